The van der Waals surface area contributed by atoms with Crippen molar-refractivity contribution in [2.45, 2.75) is 26.2 Å². The number of nitrogens with zero attached hydrogens (tertiary/aromatic N) is 2. The van der Waals surface area contributed by atoms with Crippen molar-refractivity contribution in [2.24, 2.45) is 5.92 Å². The van der Waals surface area contributed by atoms with Crippen LogP contribution in [-0.4, -0.2) is 15.7 Å². The van der Waals surface area contributed by atoms with Gasteiger partial charge in [-0.25, -0.2) is 9.07 Å². The fourth-order valence-corrected chi connectivity index (χ4v) is 3.40. The van der Waals surface area contributed by atoms with E-state index in [0.29, 0.717) is 0 Å². The van der Waals surface area contributed by atoms with Gasteiger partial charge in [-0.15, -0.1) is 0 Å². The highest BCUT2D eigenvalue weighted by molar-refractivity contribution is 5.95. The van der Waals surface area contributed by atoms with E-state index in [4.69, 9.17) is 0 Å². The van der Waals surface area contributed by atoms with Crippen LogP contribution >= 0.6 is 0 Å². The first-order chi connectivity index (χ1) is 12.5. The summed E-state index contributed by atoms with van der Waals surface area (Å²) in [6.07, 6.45) is 0.800. The predicted octanol–water partition coefficient (Wildman–Crippen LogP) is 4.37. The number of benzene rings is 2. The average Bonchev–Trinajstić information content (AvgIpc) is 3.34. The smallest absolute Gasteiger partial charge is 0.228 e. The molecule has 2 atom stereocenters. The molecule has 3 aromatic rings. The van der Waals surface area contributed by atoms with E-state index in [2.05, 4.69) is 10.4 Å². The van der Waals surface area contributed by atoms with E-state index in [-0.39, 0.29) is 23.6 Å². The molecular formula is C21H20FN3O. The highest BCUT2D eigenvalue weighted by atomic mass is 19.1. The van der Waals surface area contributed by atoms with Crippen LogP contribution in [0.1, 0.15) is 29.3 Å². The van der Waals surface area contributed by atoms with Gasteiger partial charge >= 0.3 is 0 Å². The molecule has 4 nitrogen and oxygen atoms in total. The number of anilines is 1. The first-order valence-corrected chi connectivity index (χ1v) is 8.71. The minimum Gasteiger partial charge on any atom is -0.326 e. The van der Waals surface area contributed by atoms with Crippen molar-refractivity contribution in [3.63, 3.8) is 0 Å². The molecule has 1 fully saturated rings. The van der Waals surface area contributed by atoms with Gasteiger partial charge in [-0.05, 0) is 68.1 Å². The summed E-state index contributed by atoms with van der Waals surface area (Å²) in [6.45, 7) is 3.96. The Kier molecular flexibility index (Phi) is 4.07. The fraction of sp³-hybridized carbons (Fsp3) is 0.238. The number of hydrogen-bond donors (Lipinski definition) is 1. The van der Waals surface area contributed by atoms with Gasteiger partial charge in [0.25, 0.3) is 0 Å². The zero-order valence-corrected chi connectivity index (χ0v) is 14.7. The summed E-state index contributed by atoms with van der Waals surface area (Å²) in [5.41, 5.74) is 4.69. The summed E-state index contributed by atoms with van der Waals surface area (Å²) in [5.74, 6) is -0.131. The van der Waals surface area contributed by atoms with E-state index in [0.717, 1.165) is 34.7 Å². The molecule has 2 unspecified atom stereocenters. The number of carbonyl (C=O) groups is 1. The van der Waals surface area contributed by atoms with Gasteiger partial charge in [0.15, 0.2) is 0 Å². The lowest BCUT2D eigenvalue weighted by atomic mass is 10.1. The number of halogens is 1. The van der Waals surface area contributed by atoms with E-state index >= 15 is 0 Å². The molecule has 0 aliphatic heterocycles. The minimum atomic E-state index is -0.253. The number of amides is 1. The van der Waals surface area contributed by atoms with Gasteiger partial charge < -0.3 is 5.32 Å². The molecule has 1 aliphatic carbocycles. The molecule has 1 amide bonds. The Balaban J connectivity index is 1.46. The fourth-order valence-electron chi connectivity index (χ4n) is 3.40. The Morgan fingerprint density at radius 3 is 2.62 bits per heavy atom. The van der Waals surface area contributed by atoms with Crippen molar-refractivity contribution in [3.05, 3.63) is 77.4 Å². The Labute approximate surface area is 151 Å². The monoisotopic (exact) mass is 349 g/mol. The van der Waals surface area contributed by atoms with E-state index in [1.807, 2.05) is 48.9 Å². The van der Waals surface area contributed by atoms with Crippen molar-refractivity contribution in [1.82, 2.24) is 9.78 Å². The van der Waals surface area contributed by atoms with E-state index in [1.54, 1.807) is 12.1 Å². The normalized spacial score (nSPS) is 18.6. The zero-order valence-electron chi connectivity index (χ0n) is 14.7. The quantitative estimate of drug-likeness (QED) is 0.760. The third-order valence-electron chi connectivity index (χ3n) is 4.79. The van der Waals surface area contributed by atoms with E-state index in [1.165, 1.54) is 12.1 Å². The molecule has 0 bridgehead atoms. The molecule has 1 heterocycles. The number of carbonyl (C=O) groups excluding carboxylic acids is 1. The Bertz CT molecular complexity index is 962. The van der Waals surface area contributed by atoms with Crippen LogP contribution in [0.5, 0.6) is 0 Å². The molecule has 1 aromatic heterocycles. The van der Waals surface area contributed by atoms with E-state index in [9.17, 15) is 9.18 Å². The van der Waals surface area contributed by atoms with E-state index < -0.39 is 0 Å². The summed E-state index contributed by atoms with van der Waals surface area (Å²) < 4.78 is 14.9. The molecule has 0 radical (unpaired) electrons. The topological polar surface area (TPSA) is 46.9 Å². The van der Waals surface area contributed by atoms with Crippen LogP contribution in [0.25, 0.3) is 5.69 Å². The molecule has 132 valence electrons. The van der Waals surface area contributed by atoms with Crippen LogP contribution < -0.4 is 5.32 Å². The standard InChI is InChI=1S/C21H20FN3O/c1-13-10-14(2)25(24-13)18-5-3-4-17(11-18)23-21(26)20-12-19(20)15-6-8-16(22)9-7-15/h3-11,19-20H,12H2,1-2H3,(H,23,26). The molecule has 2 aromatic carbocycles. The highest BCUT2D eigenvalue weighted by Gasteiger charge is 2.43. The average molecular weight is 349 g/mol. The Morgan fingerprint density at radius 1 is 1.15 bits per heavy atom. The zero-order chi connectivity index (χ0) is 18.3. The molecule has 5 heteroatoms. The van der Waals surface area contributed by atoms with Gasteiger partial charge in [0.1, 0.15) is 5.82 Å². The Hall–Kier alpha value is -2.95. The lowest BCUT2D eigenvalue weighted by Gasteiger charge is -2.09. The molecule has 0 saturated heterocycles. The maximum absolute atomic E-state index is 13.0. The lowest BCUT2D eigenvalue weighted by Crippen LogP contribution is -2.15. The third-order valence-corrected chi connectivity index (χ3v) is 4.79. The van der Waals surface area contributed by atoms with Gasteiger partial charge in [-0.3, -0.25) is 4.79 Å². The van der Waals surface area contributed by atoms with Gasteiger partial charge in [0.05, 0.1) is 11.4 Å². The number of hydrogen-bond acceptors (Lipinski definition) is 2. The number of nitrogens with one attached hydrogen (secondary N) is 1. The predicted molar refractivity (Wildman–Crippen MR) is 98.9 cm³/mol. The Morgan fingerprint density at radius 2 is 1.92 bits per heavy atom. The third kappa shape index (κ3) is 3.25. The van der Waals surface area contributed by atoms with Gasteiger partial charge in [0.2, 0.25) is 5.91 Å². The molecule has 1 saturated carbocycles. The van der Waals surface area contributed by atoms with Crippen molar-refractivity contribution in [2.75, 3.05) is 5.32 Å². The maximum atomic E-state index is 13.0. The SMILES string of the molecule is Cc1cc(C)n(-c2cccc(NC(=O)C3CC3c3ccc(F)cc3)c2)n1. The van der Waals surface area contributed by atoms with Crippen molar-refractivity contribution in [3.8, 4) is 5.69 Å². The van der Waals surface area contributed by atoms with Crippen molar-refractivity contribution < 1.29 is 9.18 Å². The highest BCUT2D eigenvalue weighted by Crippen LogP contribution is 2.48. The summed E-state index contributed by atoms with van der Waals surface area (Å²) in [5, 5.41) is 7.48. The second kappa shape index (κ2) is 6.41. The molecule has 0 spiro atoms. The second-order valence-electron chi connectivity index (χ2n) is 6.88. The molecule has 26 heavy (non-hydrogen) atoms. The van der Waals surface area contributed by atoms with Crippen LogP contribution in [0.15, 0.2) is 54.6 Å². The molecule has 1 N–H and O–H groups in total. The van der Waals surface area contributed by atoms with Gasteiger partial charge in [-0.1, -0.05) is 18.2 Å². The largest absolute Gasteiger partial charge is 0.326 e. The van der Waals surface area contributed by atoms with Crippen LogP contribution in [0.2, 0.25) is 0 Å². The first-order valence-electron chi connectivity index (χ1n) is 8.71. The van der Waals surface area contributed by atoms with Crippen molar-refractivity contribution >= 4 is 11.6 Å². The number of aryl methyl sites for hydroxylation is 2. The molecular weight excluding hydrogens is 329 g/mol. The van der Waals surface area contributed by atoms with Crippen LogP contribution in [-0.2, 0) is 4.79 Å². The summed E-state index contributed by atoms with van der Waals surface area (Å²) in [6, 6.07) is 16.1. The lowest BCUT2D eigenvalue weighted by molar-refractivity contribution is -0.117. The van der Waals surface area contributed by atoms with Crippen molar-refractivity contribution in [1.29, 1.82) is 0 Å². The maximum Gasteiger partial charge on any atom is 0.228 e. The van der Waals surface area contributed by atoms with Crippen LogP contribution in [0.3, 0.4) is 0 Å². The summed E-state index contributed by atoms with van der Waals surface area (Å²) in [4.78, 5) is 12.5. The van der Waals surface area contributed by atoms with Gasteiger partial charge in [0, 0.05) is 17.3 Å². The van der Waals surface area contributed by atoms with Crippen LogP contribution in [0.4, 0.5) is 10.1 Å². The molecule has 1 aliphatic rings. The first kappa shape index (κ1) is 16.5. The van der Waals surface area contributed by atoms with Gasteiger partial charge in [-0.2, -0.15) is 5.10 Å². The number of rotatable bonds is 4. The van der Waals surface area contributed by atoms with Crippen LogP contribution in [0, 0.1) is 25.6 Å². The summed E-state index contributed by atoms with van der Waals surface area (Å²) >= 11 is 0. The number of aromatic nitrogens is 2. The minimum absolute atomic E-state index is 0.00448. The molecule has 4 rings (SSSR count). The second-order valence-corrected chi connectivity index (χ2v) is 6.88. The summed E-state index contributed by atoms with van der Waals surface area (Å²) in [7, 11) is 0.